The molecule has 2 aromatic rings. The molecule has 5 heteroatoms. The fourth-order valence-corrected chi connectivity index (χ4v) is 4.83. The van der Waals surface area contributed by atoms with Crippen LogP contribution >= 0.6 is 34.7 Å². The minimum absolute atomic E-state index is 0.583. The van der Waals surface area contributed by atoms with Crippen LogP contribution in [0.4, 0.5) is 5.13 Å². The van der Waals surface area contributed by atoms with E-state index < -0.39 is 0 Å². The first-order chi connectivity index (χ1) is 9.24. The zero-order valence-electron chi connectivity index (χ0n) is 10.9. The molecular weight excluding hydrogens is 296 g/mol. The summed E-state index contributed by atoms with van der Waals surface area (Å²) in [5.41, 5.74) is 0.998. The summed E-state index contributed by atoms with van der Waals surface area (Å²) in [6.45, 7) is 2.24. The van der Waals surface area contributed by atoms with E-state index in [4.69, 9.17) is 11.6 Å². The van der Waals surface area contributed by atoms with Crippen LogP contribution in [-0.2, 0) is 0 Å². The number of nitrogens with zero attached hydrogens (tertiary/aromatic N) is 1. The minimum atomic E-state index is 0.583. The monoisotopic (exact) mass is 312 g/mol. The first-order valence-electron chi connectivity index (χ1n) is 6.69. The maximum Gasteiger partial charge on any atom is 0.184 e. The minimum Gasteiger partial charge on any atom is -0.359 e. The van der Waals surface area contributed by atoms with Crippen molar-refractivity contribution in [3.8, 4) is 0 Å². The average molecular weight is 313 g/mol. The van der Waals surface area contributed by atoms with Gasteiger partial charge in [-0.25, -0.2) is 4.98 Å². The zero-order chi connectivity index (χ0) is 13.2. The van der Waals surface area contributed by atoms with E-state index in [2.05, 4.69) is 29.0 Å². The van der Waals surface area contributed by atoms with Crippen molar-refractivity contribution >= 4 is 50.0 Å². The van der Waals surface area contributed by atoms with Crippen LogP contribution in [0, 0.1) is 0 Å². The lowest BCUT2D eigenvalue weighted by molar-refractivity contribution is 0.756. The number of thiazole rings is 1. The van der Waals surface area contributed by atoms with Gasteiger partial charge in [0.2, 0.25) is 0 Å². The van der Waals surface area contributed by atoms with Crippen LogP contribution in [0.2, 0.25) is 5.02 Å². The second-order valence-electron chi connectivity index (χ2n) is 4.86. The lowest BCUT2D eigenvalue weighted by Crippen LogP contribution is -2.15. The van der Waals surface area contributed by atoms with Crippen molar-refractivity contribution in [2.75, 3.05) is 11.1 Å². The molecule has 102 valence electrons. The van der Waals surface area contributed by atoms with Crippen molar-refractivity contribution in [3.63, 3.8) is 0 Å². The summed E-state index contributed by atoms with van der Waals surface area (Å²) in [4.78, 5) is 4.62. The van der Waals surface area contributed by atoms with Gasteiger partial charge in [-0.15, -0.1) is 0 Å². The predicted molar refractivity (Wildman–Crippen MR) is 87.8 cm³/mol. The highest BCUT2D eigenvalue weighted by atomic mass is 35.5. The SMILES string of the molecule is CCSC1CCC(Nc2nc3cc(Cl)ccc3s2)C1. The number of anilines is 1. The normalized spacial score (nSPS) is 23.1. The number of fused-ring (bicyclic) bond motifs is 1. The topological polar surface area (TPSA) is 24.9 Å². The molecule has 0 amide bonds. The van der Waals surface area contributed by atoms with Gasteiger partial charge in [-0.05, 0) is 43.2 Å². The highest BCUT2D eigenvalue weighted by Gasteiger charge is 2.25. The Balaban J connectivity index is 1.68. The smallest absolute Gasteiger partial charge is 0.184 e. The van der Waals surface area contributed by atoms with Crippen LogP contribution in [0.3, 0.4) is 0 Å². The summed E-state index contributed by atoms with van der Waals surface area (Å²) < 4.78 is 1.20. The third-order valence-electron chi connectivity index (χ3n) is 3.46. The van der Waals surface area contributed by atoms with E-state index >= 15 is 0 Å². The van der Waals surface area contributed by atoms with Crippen molar-refractivity contribution in [2.45, 2.75) is 37.5 Å². The molecule has 1 aromatic heterocycles. The highest BCUT2D eigenvalue weighted by Crippen LogP contribution is 2.34. The van der Waals surface area contributed by atoms with Gasteiger partial charge in [-0.3, -0.25) is 0 Å². The number of benzene rings is 1. The Bertz CT molecular complexity index is 570. The van der Waals surface area contributed by atoms with Gasteiger partial charge in [0.25, 0.3) is 0 Å². The van der Waals surface area contributed by atoms with Gasteiger partial charge in [0.05, 0.1) is 10.2 Å². The number of aromatic nitrogens is 1. The molecule has 1 heterocycles. The summed E-state index contributed by atoms with van der Waals surface area (Å²) >= 11 is 9.80. The second-order valence-corrected chi connectivity index (χ2v) is 7.91. The van der Waals surface area contributed by atoms with Gasteiger partial charge in [-0.1, -0.05) is 29.9 Å². The summed E-state index contributed by atoms with van der Waals surface area (Å²) in [6, 6.07) is 6.49. The molecule has 2 nitrogen and oxygen atoms in total. The Labute approximate surface area is 126 Å². The molecule has 0 saturated heterocycles. The molecule has 1 aromatic carbocycles. The fraction of sp³-hybridized carbons (Fsp3) is 0.500. The molecule has 1 aliphatic carbocycles. The van der Waals surface area contributed by atoms with Crippen molar-refractivity contribution in [1.82, 2.24) is 4.98 Å². The van der Waals surface area contributed by atoms with E-state index in [1.54, 1.807) is 11.3 Å². The standard InChI is InChI=1S/C14H17ClN2S2/c1-2-18-11-5-4-10(8-11)16-14-17-12-7-9(15)3-6-13(12)19-14/h3,6-7,10-11H,2,4-5,8H2,1H3,(H,16,17). The van der Waals surface area contributed by atoms with Crippen molar-refractivity contribution in [1.29, 1.82) is 0 Å². The van der Waals surface area contributed by atoms with Crippen molar-refractivity contribution in [2.24, 2.45) is 0 Å². The quantitative estimate of drug-likeness (QED) is 0.856. The van der Waals surface area contributed by atoms with E-state index in [9.17, 15) is 0 Å². The number of nitrogens with one attached hydrogen (secondary N) is 1. The molecule has 0 spiro atoms. The molecule has 1 fully saturated rings. The van der Waals surface area contributed by atoms with Crippen LogP contribution in [0.1, 0.15) is 26.2 Å². The van der Waals surface area contributed by atoms with Gasteiger partial charge in [0.1, 0.15) is 0 Å². The van der Waals surface area contributed by atoms with Gasteiger partial charge in [0.15, 0.2) is 5.13 Å². The number of rotatable bonds is 4. The van der Waals surface area contributed by atoms with Crippen LogP contribution in [0.5, 0.6) is 0 Å². The molecule has 1 N–H and O–H groups in total. The molecule has 1 aliphatic rings. The summed E-state index contributed by atoms with van der Waals surface area (Å²) in [5.74, 6) is 1.22. The number of halogens is 1. The van der Waals surface area contributed by atoms with Gasteiger partial charge in [-0.2, -0.15) is 11.8 Å². The van der Waals surface area contributed by atoms with Crippen LogP contribution < -0.4 is 5.32 Å². The summed E-state index contributed by atoms with van der Waals surface area (Å²) in [5, 5.41) is 6.20. The number of hydrogen-bond acceptors (Lipinski definition) is 4. The Morgan fingerprint density at radius 1 is 1.47 bits per heavy atom. The Hall–Kier alpha value is -0.450. The predicted octanol–water partition coefficient (Wildman–Crippen LogP) is 5.04. The van der Waals surface area contributed by atoms with Crippen LogP contribution in [0.25, 0.3) is 10.2 Å². The molecule has 2 unspecified atom stereocenters. The largest absolute Gasteiger partial charge is 0.359 e. The molecule has 0 radical (unpaired) electrons. The van der Waals surface area contributed by atoms with E-state index in [0.29, 0.717) is 6.04 Å². The Morgan fingerprint density at radius 3 is 3.21 bits per heavy atom. The van der Waals surface area contributed by atoms with Crippen molar-refractivity contribution in [3.05, 3.63) is 23.2 Å². The van der Waals surface area contributed by atoms with Gasteiger partial charge >= 0.3 is 0 Å². The summed E-state index contributed by atoms with van der Waals surface area (Å²) in [6.07, 6.45) is 3.84. The molecule has 2 atom stereocenters. The maximum absolute atomic E-state index is 5.99. The highest BCUT2D eigenvalue weighted by molar-refractivity contribution is 7.99. The molecule has 19 heavy (non-hydrogen) atoms. The lowest BCUT2D eigenvalue weighted by atomic mass is 10.3. The van der Waals surface area contributed by atoms with Crippen LogP contribution in [-0.4, -0.2) is 22.0 Å². The van der Waals surface area contributed by atoms with E-state index in [-0.39, 0.29) is 0 Å². The zero-order valence-corrected chi connectivity index (χ0v) is 13.2. The third kappa shape index (κ3) is 3.18. The Morgan fingerprint density at radius 2 is 2.37 bits per heavy atom. The number of thioether (sulfide) groups is 1. The summed E-state index contributed by atoms with van der Waals surface area (Å²) in [7, 11) is 0. The molecule has 0 aliphatic heterocycles. The molecule has 0 bridgehead atoms. The average Bonchev–Trinajstić information content (AvgIpc) is 2.96. The lowest BCUT2D eigenvalue weighted by Gasteiger charge is -2.11. The van der Waals surface area contributed by atoms with Crippen LogP contribution in [0.15, 0.2) is 18.2 Å². The number of hydrogen-bond donors (Lipinski definition) is 1. The fourth-order valence-electron chi connectivity index (χ4n) is 2.60. The van der Waals surface area contributed by atoms with Gasteiger partial charge < -0.3 is 5.32 Å². The maximum atomic E-state index is 5.99. The third-order valence-corrected chi connectivity index (χ3v) is 5.90. The van der Waals surface area contributed by atoms with Gasteiger partial charge in [0, 0.05) is 16.3 Å². The van der Waals surface area contributed by atoms with E-state index in [0.717, 1.165) is 20.9 Å². The molecular formula is C14H17ClN2S2. The first-order valence-corrected chi connectivity index (χ1v) is 8.93. The Kier molecular flexibility index (Phi) is 4.20. The molecule has 1 saturated carbocycles. The van der Waals surface area contributed by atoms with Crippen molar-refractivity contribution < 1.29 is 0 Å². The van der Waals surface area contributed by atoms with E-state index in [1.807, 2.05) is 18.2 Å². The molecule has 3 rings (SSSR count). The van der Waals surface area contributed by atoms with E-state index in [1.165, 1.54) is 29.7 Å². The first kappa shape index (κ1) is 13.5. The second kappa shape index (κ2) is 5.90.